The summed E-state index contributed by atoms with van der Waals surface area (Å²) in [5.41, 5.74) is 2.82. The first-order valence-electron chi connectivity index (χ1n) is 6.49. The summed E-state index contributed by atoms with van der Waals surface area (Å²) in [6.07, 6.45) is 0. The van der Waals surface area contributed by atoms with Crippen LogP contribution in [0.15, 0.2) is 42.5 Å². The van der Waals surface area contributed by atoms with E-state index >= 15 is 0 Å². The molecule has 0 saturated heterocycles. The van der Waals surface area contributed by atoms with Crippen LogP contribution >= 0.6 is 11.6 Å². The molecule has 0 amide bonds. The van der Waals surface area contributed by atoms with Crippen LogP contribution in [0.25, 0.3) is 0 Å². The molecule has 0 aliphatic carbocycles. The van der Waals surface area contributed by atoms with Crippen LogP contribution in [-0.2, 0) is 13.1 Å². The Hall–Kier alpha value is -1.58. The van der Waals surface area contributed by atoms with E-state index in [0.717, 1.165) is 17.8 Å². The molecule has 106 valence electrons. The third-order valence-corrected chi connectivity index (χ3v) is 3.43. The van der Waals surface area contributed by atoms with Crippen molar-refractivity contribution in [3.05, 3.63) is 64.4 Å². The third kappa shape index (κ3) is 3.50. The van der Waals surface area contributed by atoms with Gasteiger partial charge in [-0.1, -0.05) is 35.9 Å². The summed E-state index contributed by atoms with van der Waals surface area (Å²) in [7, 11) is 3.84. The topological polar surface area (TPSA) is 15.3 Å². The molecule has 2 aromatic rings. The fraction of sp³-hybridized carbons (Fsp3) is 0.250. The molecule has 0 aliphatic heterocycles. The molecule has 0 heterocycles. The number of rotatable bonds is 5. The number of anilines is 1. The maximum absolute atomic E-state index is 13.7. The maximum Gasteiger partial charge on any atom is 0.128 e. The quantitative estimate of drug-likeness (QED) is 0.901. The first-order valence-corrected chi connectivity index (χ1v) is 6.87. The molecule has 2 aromatic carbocycles. The Kier molecular flexibility index (Phi) is 4.99. The SMILES string of the molecule is CNCc1ccc(Cl)cc1N(C)Cc1ccccc1F. The van der Waals surface area contributed by atoms with Crippen molar-refractivity contribution in [3.63, 3.8) is 0 Å². The highest BCUT2D eigenvalue weighted by molar-refractivity contribution is 6.30. The lowest BCUT2D eigenvalue weighted by atomic mass is 10.1. The normalized spacial score (nSPS) is 10.6. The standard InChI is InChI=1S/C16H18ClFN2/c1-19-10-12-7-8-14(17)9-16(12)20(2)11-13-5-3-4-6-15(13)18/h3-9,19H,10-11H2,1-2H3. The zero-order valence-electron chi connectivity index (χ0n) is 11.7. The Labute approximate surface area is 124 Å². The van der Waals surface area contributed by atoms with Crippen molar-refractivity contribution in [3.8, 4) is 0 Å². The van der Waals surface area contributed by atoms with E-state index < -0.39 is 0 Å². The molecule has 0 saturated carbocycles. The molecule has 2 nitrogen and oxygen atoms in total. The monoisotopic (exact) mass is 292 g/mol. The van der Waals surface area contributed by atoms with Gasteiger partial charge >= 0.3 is 0 Å². The minimum atomic E-state index is -0.184. The van der Waals surface area contributed by atoms with Gasteiger partial charge in [-0.15, -0.1) is 0 Å². The van der Waals surface area contributed by atoms with Crippen LogP contribution in [0.4, 0.5) is 10.1 Å². The molecule has 2 rings (SSSR count). The van der Waals surface area contributed by atoms with Crippen molar-refractivity contribution in [1.29, 1.82) is 0 Å². The van der Waals surface area contributed by atoms with Crippen molar-refractivity contribution in [2.45, 2.75) is 13.1 Å². The van der Waals surface area contributed by atoms with E-state index in [1.807, 2.05) is 43.3 Å². The molecule has 20 heavy (non-hydrogen) atoms. The number of nitrogens with one attached hydrogen (secondary N) is 1. The Bertz CT molecular complexity index is 586. The van der Waals surface area contributed by atoms with E-state index in [2.05, 4.69) is 5.32 Å². The summed E-state index contributed by atoms with van der Waals surface area (Å²) in [6.45, 7) is 1.25. The lowest BCUT2D eigenvalue weighted by molar-refractivity contribution is 0.607. The van der Waals surface area contributed by atoms with E-state index in [1.54, 1.807) is 12.1 Å². The summed E-state index contributed by atoms with van der Waals surface area (Å²) in [6, 6.07) is 12.6. The number of halogens is 2. The molecule has 0 bridgehead atoms. The van der Waals surface area contributed by atoms with Crippen LogP contribution in [0.1, 0.15) is 11.1 Å². The lowest BCUT2D eigenvalue weighted by Crippen LogP contribution is -2.20. The molecule has 0 radical (unpaired) electrons. The number of nitrogens with zero attached hydrogens (tertiary/aromatic N) is 1. The van der Waals surface area contributed by atoms with E-state index in [4.69, 9.17) is 11.6 Å². The molecular formula is C16H18ClFN2. The minimum Gasteiger partial charge on any atom is -0.370 e. The summed E-state index contributed by atoms with van der Waals surface area (Å²) in [5, 5.41) is 3.81. The molecule has 1 N–H and O–H groups in total. The van der Waals surface area contributed by atoms with Gasteiger partial charge in [0.25, 0.3) is 0 Å². The molecule has 0 unspecified atom stereocenters. The molecule has 0 atom stereocenters. The van der Waals surface area contributed by atoms with Gasteiger partial charge in [0.15, 0.2) is 0 Å². The van der Waals surface area contributed by atoms with Gasteiger partial charge in [-0.2, -0.15) is 0 Å². The van der Waals surface area contributed by atoms with Gasteiger partial charge < -0.3 is 10.2 Å². The summed E-state index contributed by atoms with van der Waals surface area (Å²) >= 11 is 6.07. The molecule has 0 spiro atoms. The first kappa shape index (κ1) is 14.8. The van der Waals surface area contributed by atoms with E-state index in [1.165, 1.54) is 6.07 Å². The van der Waals surface area contributed by atoms with Crippen molar-refractivity contribution in [2.75, 3.05) is 19.0 Å². The van der Waals surface area contributed by atoms with Gasteiger partial charge in [0.05, 0.1) is 0 Å². The highest BCUT2D eigenvalue weighted by atomic mass is 35.5. The van der Waals surface area contributed by atoms with E-state index in [0.29, 0.717) is 17.1 Å². The second-order valence-electron chi connectivity index (χ2n) is 4.75. The smallest absolute Gasteiger partial charge is 0.128 e. The largest absolute Gasteiger partial charge is 0.370 e. The molecular weight excluding hydrogens is 275 g/mol. The summed E-state index contributed by atoms with van der Waals surface area (Å²) < 4.78 is 13.7. The van der Waals surface area contributed by atoms with Crippen LogP contribution in [0.2, 0.25) is 5.02 Å². The predicted molar refractivity (Wildman–Crippen MR) is 82.7 cm³/mol. The van der Waals surface area contributed by atoms with Crippen molar-refractivity contribution < 1.29 is 4.39 Å². The van der Waals surface area contributed by atoms with Crippen molar-refractivity contribution >= 4 is 17.3 Å². The summed E-state index contributed by atoms with van der Waals surface area (Å²) in [4.78, 5) is 2.01. The van der Waals surface area contributed by atoms with Gasteiger partial charge in [0.2, 0.25) is 0 Å². The van der Waals surface area contributed by atoms with Gasteiger partial charge in [0.1, 0.15) is 5.82 Å². The summed E-state index contributed by atoms with van der Waals surface area (Å²) in [5.74, 6) is -0.184. The highest BCUT2D eigenvalue weighted by Crippen LogP contribution is 2.25. The lowest BCUT2D eigenvalue weighted by Gasteiger charge is -2.23. The van der Waals surface area contributed by atoms with Crippen LogP contribution in [0.5, 0.6) is 0 Å². The second kappa shape index (κ2) is 6.73. The van der Waals surface area contributed by atoms with Crippen LogP contribution in [-0.4, -0.2) is 14.1 Å². The molecule has 0 fully saturated rings. The Balaban J connectivity index is 2.26. The Morgan fingerprint density at radius 2 is 1.90 bits per heavy atom. The molecule has 0 aromatic heterocycles. The van der Waals surface area contributed by atoms with Gasteiger partial charge in [-0.3, -0.25) is 0 Å². The fourth-order valence-electron chi connectivity index (χ4n) is 2.20. The zero-order chi connectivity index (χ0) is 14.5. The molecule has 4 heteroatoms. The average Bonchev–Trinajstić information content (AvgIpc) is 2.43. The Morgan fingerprint density at radius 1 is 1.15 bits per heavy atom. The number of hydrogen-bond acceptors (Lipinski definition) is 2. The second-order valence-corrected chi connectivity index (χ2v) is 5.19. The minimum absolute atomic E-state index is 0.184. The third-order valence-electron chi connectivity index (χ3n) is 3.19. The van der Waals surface area contributed by atoms with Crippen LogP contribution < -0.4 is 10.2 Å². The van der Waals surface area contributed by atoms with Crippen molar-refractivity contribution in [2.24, 2.45) is 0 Å². The average molecular weight is 293 g/mol. The number of hydrogen-bond donors (Lipinski definition) is 1. The fourth-order valence-corrected chi connectivity index (χ4v) is 2.37. The van der Waals surface area contributed by atoms with E-state index in [9.17, 15) is 4.39 Å². The van der Waals surface area contributed by atoms with Gasteiger partial charge in [-0.05, 0) is 30.8 Å². The first-order chi connectivity index (χ1) is 9.61. The highest BCUT2D eigenvalue weighted by Gasteiger charge is 2.10. The van der Waals surface area contributed by atoms with Gasteiger partial charge in [-0.25, -0.2) is 4.39 Å². The maximum atomic E-state index is 13.7. The van der Waals surface area contributed by atoms with Crippen LogP contribution in [0.3, 0.4) is 0 Å². The predicted octanol–water partition coefficient (Wildman–Crippen LogP) is 3.83. The van der Waals surface area contributed by atoms with E-state index in [-0.39, 0.29) is 5.82 Å². The Morgan fingerprint density at radius 3 is 2.60 bits per heavy atom. The van der Waals surface area contributed by atoms with Gasteiger partial charge in [0, 0.05) is 36.4 Å². The number of benzene rings is 2. The van der Waals surface area contributed by atoms with Crippen LogP contribution in [0, 0.1) is 5.82 Å². The van der Waals surface area contributed by atoms with Crippen molar-refractivity contribution in [1.82, 2.24) is 5.32 Å². The molecule has 0 aliphatic rings. The zero-order valence-corrected chi connectivity index (χ0v) is 12.4.